The number of amides is 1. The third-order valence-electron chi connectivity index (χ3n) is 2.82. The second-order valence-electron chi connectivity index (χ2n) is 4.07. The molecule has 0 aromatic heterocycles. The molecular weight excluding hydrogens is 289 g/mol. The molecule has 19 heavy (non-hydrogen) atoms. The van der Waals surface area contributed by atoms with Crippen LogP contribution >= 0.6 is 23.8 Å². The molecule has 4 N–H and O–H groups in total. The molecule has 2 rings (SSSR count). The van der Waals surface area contributed by atoms with Gasteiger partial charge in [0.1, 0.15) is 5.82 Å². The van der Waals surface area contributed by atoms with Crippen LogP contribution in [0.3, 0.4) is 0 Å². The molecule has 0 radical (unpaired) electrons. The lowest BCUT2D eigenvalue weighted by atomic mass is 9.95. The van der Waals surface area contributed by atoms with Crippen molar-refractivity contribution in [2.45, 2.75) is 13.0 Å². The molecule has 4 nitrogen and oxygen atoms in total. The number of nitrogens with one attached hydrogen (secondary N) is 2. The maximum atomic E-state index is 14.0. The number of thiocarbonyl (C=S) groups is 1. The van der Waals surface area contributed by atoms with Gasteiger partial charge in [-0.25, -0.2) is 4.39 Å². The SMILES string of the molecule is CC1=C(C(N)=O)[C@@H](c2c(F)cccc2Cl)NC(=S)N1. The van der Waals surface area contributed by atoms with Crippen LogP contribution in [0.2, 0.25) is 5.02 Å². The van der Waals surface area contributed by atoms with Gasteiger partial charge in [0, 0.05) is 16.3 Å². The summed E-state index contributed by atoms with van der Waals surface area (Å²) in [6.07, 6.45) is 0. The van der Waals surface area contributed by atoms with Crippen LogP contribution in [0.25, 0.3) is 0 Å². The van der Waals surface area contributed by atoms with E-state index in [-0.39, 0.29) is 21.3 Å². The number of carbonyl (C=O) groups is 1. The quantitative estimate of drug-likeness (QED) is 0.728. The predicted octanol–water partition coefficient (Wildman–Crippen LogP) is 1.76. The monoisotopic (exact) mass is 299 g/mol. The summed E-state index contributed by atoms with van der Waals surface area (Å²) in [4.78, 5) is 11.6. The van der Waals surface area contributed by atoms with Gasteiger partial charge >= 0.3 is 0 Å². The minimum absolute atomic E-state index is 0.154. The van der Waals surface area contributed by atoms with Gasteiger partial charge < -0.3 is 16.4 Å². The minimum atomic E-state index is -0.792. The average molecular weight is 300 g/mol. The lowest BCUT2D eigenvalue weighted by molar-refractivity contribution is -0.115. The average Bonchev–Trinajstić information content (AvgIpc) is 2.26. The van der Waals surface area contributed by atoms with Crippen molar-refractivity contribution in [1.82, 2.24) is 10.6 Å². The highest BCUT2D eigenvalue weighted by Gasteiger charge is 2.31. The molecule has 0 unspecified atom stereocenters. The third kappa shape index (κ3) is 2.54. The molecule has 0 saturated heterocycles. The topological polar surface area (TPSA) is 67.2 Å². The van der Waals surface area contributed by atoms with Crippen molar-refractivity contribution in [3.63, 3.8) is 0 Å². The third-order valence-corrected chi connectivity index (χ3v) is 3.37. The molecule has 7 heteroatoms. The van der Waals surface area contributed by atoms with E-state index >= 15 is 0 Å². The van der Waals surface area contributed by atoms with E-state index in [1.165, 1.54) is 12.1 Å². The highest BCUT2D eigenvalue weighted by Crippen LogP contribution is 2.33. The summed E-state index contributed by atoms with van der Waals surface area (Å²) >= 11 is 11.0. The van der Waals surface area contributed by atoms with E-state index in [1.807, 2.05) is 0 Å². The van der Waals surface area contributed by atoms with E-state index < -0.39 is 17.8 Å². The van der Waals surface area contributed by atoms with Crippen LogP contribution in [-0.4, -0.2) is 11.0 Å². The van der Waals surface area contributed by atoms with Gasteiger partial charge in [-0.1, -0.05) is 17.7 Å². The van der Waals surface area contributed by atoms with E-state index in [4.69, 9.17) is 29.6 Å². The van der Waals surface area contributed by atoms with Crippen LogP contribution in [0.1, 0.15) is 18.5 Å². The summed E-state index contributed by atoms with van der Waals surface area (Å²) in [5.41, 5.74) is 6.19. The largest absolute Gasteiger partial charge is 0.366 e. The van der Waals surface area contributed by atoms with Crippen LogP contribution < -0.4 is 16.4 Å². The van der Waals surface area contributed by atoms with Gasteiger partial charge in [-0.2, -0.15) is 0 Å². The smallest absolute Gasteiger partial charge is 0.248 e. The minimum Gasteiger partial charge on any atom is -0.366 e. The molecule has 1 heterocycles. The molecule has 0 spiro atoms. The molecule has 0 bridgehead atoms. The van der Waals surface area contributed by atoms with Gasteiger partial charge in [-0.15, -0.1) is 0 Å². The fraction of sp³-hybridized carbons (Fsp3) is 0.167. The van der Waals surface area contributed by atoms with Crippen molar-refractivity contribution >= 4 is 34.8 Å². The second kappa shape index (κ2) is 5.14. The van der Waals surface area contributed by atoms with E-state index in [1.54, 1.807) is 13.0 Å². The summed E-state index contributed by atoms with van der Waals surface area (Å²) in [5.74, 6) is -1.19. The number of primary amides is 1. The van der Waals surface area contributed by atoms with Crippen molar-refractivity contribution in [3.8, 4) is 0 Å². The first-order chi connectivity index (χ1) is 8.91. The second-order valence-corrected chi connectivity index (χ2v) is 4.89. The summed E-state index contributed by atoms with van der Waals surface area (Å²) in [7, 11) is 0. The lowest BCUT2D eigenvalue weighted by Crippen LogP contribution is -2.46. The summed E-state index contributed by atoms with van der Waals surface area (Å²) in [6.45, 7) is 1.65. The number of carbonyl (C=O) groups excluding carboxylic acids is 1. The Labute approximate surface area is 119 Å². The number of nitrogens with two attached hydrogens (primary N) is 1. The molecule has 1 atom stereocenters. The molecule has 1 aromatic rings. The highest BCUT2D eigenvalue weighted by atomic mass is 35.5. The van der Waals surface area contributed by atoms with Gasteiger partial charge in [-0.05, 0) is 31.3 Å². The Kier molecular flexibility index (Phi) is 3.73. The fourth-order valence-corrected chi connectivity index (χ4v) is 2.57. The zero-order valence-corrected chi connectivity index (χ0v) is 11.5. The van der Waals surface area contributed by atoms with Crippen molar-refractivity contribution in [2.75, 3.05) is 0 Å². The van der Waals surface area contributed by atoms with E-state index in [9.17, 15) is 9.18 Å². The zero-order valence-electron chi connectivity index (χ0n) is 9.96. The van der Waals surface area contributed by atoms with Crippen molar-refractivity contribution in [2.24, 2.45) is 5.73 Å². The summed E-state index contributed by atoms with van der Waals surface area (Å²) in [5, 5.41) is 6.08. The van der Waals surface area contributed by atoms with Gasteiger partial charge in [-0.3, -0.25) is 4.79 Å². The first-order valence-corrected chi connectivity index (χ1v) is 6.22. The Morgan fingerprint density at radius 1 is 1.53 bits per heavy atom. The standard InChI is InChI=1S/C12H11ClFN3OS/c1-5-8(11(15)18)10(17-12(19)16-5)9-6(13)3-2-4-7(9)14/h2-4,10H,1H3,(H2,15,18)(H2,16,17,19)/t10-/m0/s1. The highest BCUT2D eigenvalue weighted by molar-refractivity contribution is 7.80. The molecule has 1 aliphatic rings. The molecule has 1 aromatic carbocycles. The Morgan fingerprint density at radius 3 is 2.79 bits per heavy atom. The van der Waals surface area contributed by atoms with Gasteiger partial charge in [0.2, 0.25) is 5.91 Å². The van der Waals surface area contributed by atoms with Crippen LogP contribution in [0.15, 0.2) is 29.5 Å². The first kappa shape index (κ1) is 13.8. The van der Waals surface area contributed by atoms with Crippen molar-refractivity contribution < 1.29 is 9.18 Å². The number of benzene rings is 1. The molecule has 1 amide bonds. The summed E-state index contributed by atoms with van der Waals surface area (Å²) < 4.78 is 14.0. The number of hydrogen-bond acceptors (Lipinski definition) is 2. The van der Waals surface area contributed by atoms with Gasteiger partial charge in [0.25, 0.3) is 0 Å². The lowest BCUT2D eigenvalue weighted by Gasteiger charge is -2.30. The maximum Gasteiger partial charge on any atom is 0.248 e. The van der Waals surface area contributed by atoms with Gasteiger partial charge in [0.15, 0.2) is 5.11 Å². The number of halogens is 2. The maximum absolute atomic E-state index is 14.0. The molecule has 1 aliphatic heterocycles. The van der Waals surface area contributed by atoms with E-state index in [2.05, 4.69) is 10.6 Å². The zero-order chi connectivity index (χ0) is 14.2. The number of rotatable bonds is 2. The van der Waals surface area contributed by atoms with Crippen LogP contribution in [0.5, 0.6) is 0 Å². The fourth-order valence-electron chi connectivity index (χ4n) is 2.02. The molecule has 0 fully saturated rings. The van der Waals surface area contributed by atoms with Crippen molar-refractivity contribution in [1.29, 1.82) is 0 Å². The van der Waals surface area contributed by atoms with E-state index in [0.717, 1.165) is 0 Å². The van der Waals surface area contributed by atoms with Gasteiger partial charge in [0.05, 0.1) is 11.6 Å². The molecule has 0 aliphatic carbocycles. The Hall–Kier alpha value is -1.66. The first-order valence-electron chi connectivity index (χ1n) is 5.43. The van der Waals surface area contributed by atoms with E-state index in [0.29, 0.717) is 5.70 Å². The van der Waals surface area contributed by atoms with Crippen LogP contribution in [0.4, 0.5) is 4.39 Å². The Balaban J connectivity index is 2.62. The normalized spacial score (nSPS) is 18.9. The summed E-state index contributed by atoms with van der Waals surface area (Å²) in [6, 6.07) is 3.50. The Morgan fingerprint density at radius 2 is 2.21 bits per heavy atom. The van der Waals surface area contributed by atoms with Crippen molar-refractivity contribution in [3.05, 3.63) is 45.9 Å². The molecule has 100 valence electrons. The van der Waals surface area contributed by atoms with Crippen LogP contribution in [0, 0.1) is 5.82 Å². The molecular formula is C12H11ClFN3OS. The predicted molar refractivity (Wildman–Crippen MR) is 74.9 cm³/mol. The number of allylic oxidation sites excluding steroid dienone is 1. The number of hydrogen-bond donors (Lipinski definition) is 3. The van der Waals surface area contributed by atoms with Crippen LogP contribution in [-0.2, 0) is 4.79 Å². The Bertz CT molecular complexity index is 582. The molecule has 0 saturated carbocycles.